The standard InChI is InChI=1S/C32H44F3N7O/c1-20(2)41-12-10-23(11-13-41)32(34,35)26-9-7-8-24(29(26)33)21(3)36-30-25-18-27(42-16-14-40(5)15-17-42)22(4)37-31(25)39-28(38-30)19-43-6/h7-9,18,20-21,23H,10-17,19H2,1-6H3,(H,36,37,38,39)/t21-/m1/s1. The minimum atomic E-state index is -3.27. The van der Waals surface area contributed by atoms with Crippen LogP contribution >= 0.6 is 0 Å². The minimum absolute atomic E-state index is 0.163. The molecule has 0 amide bonds. The molecule has 43 heavy (non-hydrogen) atoms. The smallest absolute Gasteiger partial charge is 0.278 e. The lowest BCUT2D eigenvalue weighted by atomic mass is 9.85. The van der Waals surface area contributed by atoms with E-state index in [9.17, 15) is 0 Å². The molecule has 11 heteroatoms. The summed E-state index contributed by atoms with van der Waals surface area (Å²) in [6, 6.07) is 5.99. The van der Waals surface area contributed by atoms with Crippen LogP contribution in [0.1, 0.15) is 62.3 Å². The highest BCUT2D eigenvalue weighted by Gasteiger charge is 2.45. The number of rotatable bonds is 9. The molecule has 234 valence electrons. The van der Waals surface area contributed by atoms with Crippen molar-refractivity contribution >= 4 is 22.5 Å². The average molecular weight is 600 g/mol. The maximum absolute atomic E-state index is 16.0. The predicted octanol–water partition coefficient (Wildman–Crippen LogP) is 5.76. The third-order valence-electron chi connectivity index (χ3n) is 8.99. The van der Waals surface area contributed by atoms with Gasteiger partial charge in [-0.05, 0) is 66.7 Å². The lowest BCUT2D eigenvalue weighted by Gasteiger charge is -2.38. The van der Waals surface area contributed by atoms with Crippen LogP contribution in [-0.2, 0) is 17.3 Å². The zero-order valence-corrected chi connectivity index (χ0v) is 26.1. The molecule has 2 aromatic heterocycles. The Kier molecular flexibility index (Phi) is 9.43. The number of piperidine rings is 1. The number of hydrogen-bond acceptors (Lipinski definition) is 8. The summed E-state index contributed by atoms with van der Waals surface area (Å²) < 4.78 is 52.9. The molecule has 2 aliphatic heterocycles. The molecular formula is C32H44F3N7O. The highest BCUT2D eigenvalue weighted by molar-refractivity contribution is 5.90. The average Bonchev–Trinajstić information content (AvgIpc) is 2.97. The molecule has 0 saturated carbocycles. The molecule has 0 spiro atoms. The second-order valence-corrected chi connectivity index (χ2v) is 12.3. The lowest BCUT2D eigenvalue weighted by Crippen LogP contribution is -2.44. The van der Waals surface area contributed by atoms with Crippen molar-refractivity contribution in [1.29, 1.82) is 0 Å². The number of ether oxygens (including phenoxy) is 1. The van der Waals surface area contributed by atoms with Crippen LogP contribution in [0.3, 0.4) is 0 Å². The molecule has 5 rings (SSSR count). The van der Waals surface area contributed by atoms with Gasteiger partial charge in [0.05, 0.1) is 28.4 Å². The van der Waals surface area contributed by atoms with Gasteiger partial charge in [0.1, 0.15) is 18.2 Å². The summed E-state index contributed by atoms with van der Waals surface area (Å²) in [4.78, 5) is 20.9. The molecule has 1 aromatic carbocycles. The summed E-state index contributed by atoms with van der Waals surface area (Å²) in [5, 5.41) is 3.99. The van der Waals surface area contributed by atoms with E-state index >= 15 is 13.2 Å². The van der Waals surface area contributed by atoms with Crippen LogP contribution in [0.2, 0.25) is 0 Å². The molecule has 4 heterocycles. The number of methoxy groups -OCH3 is 1. The lowest BCUT2D eigenvalue weighted by molar-refractivity contribution is -0.0900. The molecule has 2 aliphatic rings. The van der Waals surface area contributed by atoms with Gasteiger partial charge >= 0.3 is 0 Å². The molecule has 3 aromatic rings. The van der Waals surface area contributed by atoms with Crippen molar-refractivity contribution in [3.63, 3.8) is 0 Å². The Balaban J connectivity index is 1.45. The fraction of sp³-hybridized carbons (Fsp3) is 0.594. The van der Waals surface area contributed by atoms with Crippen LogP contribution in [0.15, 0.2) is 24.3 Å². The van der Waals surface area contributed by atoms with E-state index in [-0.39, 0.29) is 12.2 Å². The van der Waals surface area contributed by atoms with Crippen LogP contribution in [-0.4, -0.2) is 84.2 Å². The van der Waals surface area contributed by atoms with Gasteiger partial charge in [0.2, 0.25) is 0 Å². The number of likely N-dealkylation sites (N-methyl/N-ethyl adjacent to an activating group) is 1. The molecule has 2 saturated heterocycles. The van der Waals surface area contributed by atoms with Crippen LogP contribution in [0.4, 0.5) is 24.7 Å². The summed E-state index contributed by atoms with van der Waals surface area (Å²) in [6.07, 6.45) is 0.666. The van der Waals surface area contributed by atoms with Gasteiger partial charge in [-0.25, -0.2) is 28.1 Å². The van der Waals surface area contributed by atoms with Crippen molar-refractivity contribution in [2.24, 2.45) is 5.92 Å². The maximum Gasteiger partial charge on any atom is 0.278 e. The van der Waals surface area contributed by atoms with E-state index in [1.807, 2.05) is 13.0 Å². The molecule has 0 unspecified atom stereocenters. The first-order valence-corrected chi connectivity index (χ1v) is 15.3. The van der Waals surface area contributed by atoms with Gasteiger partial charge in [-0.3, -0.25) is 0 Å². The van der Waals surface area contributed by atoms with E-state index in [1.54, 1.807) is 20.1 Å². The number of fused-ring (bicyclic) bond motifs is 1. The van der Waals surface area contributed by atoms with Gasteiger partial charge < -0.3 is 24.8 Å². The number of anilines is 2. The van der Waals surface area contributed by atoms with E-state index in [2.05, 4.69) is 45.9 Å². The summed E-state index contributed by atoms with van der Waals surface area (Å²) in [6.45, 7) is 12.8. The number of halogens is 3. The number of pyridine rings is 1. The second kappa shape index (κ2) is 12.9. The number of aromatic nitrogens is 3. The number of likely N-dealkylation sites (tertiary alicyclic amines) is 1. The first kappa shape index (κ1) is 31.4. The second-order valence-electron chi connectivity index (χ2n) is 12.3. The number of piperazine rings is 1. The Hall–Kier alpha value is -3.02. The largest absolute Gasteiger partial charge is 0.377 e. The van der Waals surface area contributed by atoms with Gasteiger partial charge in [-0.1, -0.05) is 18.2 Å². The van der Waals surface area contributed by atoms with Gasteiger partial charge in [0.25, 0.3) is 5.92 Å². The SMILES string of the molecule is COCc1nc(N[C@H](C)c2cccc(C(F)(F)C3CCN(C(C)C)CC3)c2F)c2cc(N3CCN(C)CC3)c(C)nc2n1. The van der Waals surface area contributed by atoms with Gasteiger partial charge in [-0.15, -0.1) is 0 Å². The normalized spacial score (nSPS) is 18.5. The fourth-order valence-corrected chi connectivity index (χ4v) is 6.27. The summed E-state index contributed by atoms with van der Waals surface area (Å²) in [5.41, 5.74) is 1.98. The highest BCUT2D eigenvalue weighted by Crippen LogP contribution is 2.44. The Labute approximate surface area is 252 Å². The molecular weight excluding hydrogens is 555 g/mol. The molecule has 0 bridgehead atoms. The van der Waals surface area contributed by atoms with Gasteiger partial charge in [0, 0.05) is 50.8 Å². The Morgan fingerprint density at radius 3 is 2.37 bits per heavy atom. The number of hydrogen-bond donors (Lipinski definition) is 1. The summed E-state index contributed by atoms with van der Waals surface area (Å²) in [7, 11) is 3.67. The predicted molar refractivity (Wildman–Crippen MR) is 164 cm³/mol. The maximum atomic E-state index is 16.0. The van der Waals surface area contributed by atoms with Gasteiger partial charge in [-0.2, -0.15) is 0 Å². The Morgan fingerprint density at radius 1 is 1.02 bits per heavy atom. The van der Waals surface area contributed by atoms with E-state index in [0.29, 0.717) is 54.6 Å². The van der Waals surface area contributed by atoms with Crippen molar-refractivity contribution < 1.29 is 17.9 Å². The van der Waals surface area contributed by atoms with E-state index in [4.69, 9.17) is 14.7 Å². The van der Waals surface area contributed by atoms with E-state index < -0.39 is 29.3 Å². The number of aryl methyl sites for hydroxylation is 1. The zero-order valence-electron chi connectivity index (χ0n) is 26.1. The van der Waals surface area contributed by atoms with Crippen molar-refractivity contribution in [3.05, 3.63) is 52.7 Å². The number of benzene rings is 1. The summed E-state index contributed by atoms with van der Waals surface area (Å²) >= 11 is 0. The summed E-state index contributed by atoms with van der Waals surface area (Å²) in [5.74, 6) is -4.15. The van der Waals surface area contributed by atoms with Crippen LogP contribution in [0.5, 0.6) is 0 Å². The van der Waals surface area contributed by atoms with Crippen molar-refractivity contribution in [3.8, 4) is 0 Å². The van der Waals surface area contributed by atoms with Crippen LogP contribution in [0, 0.1) is 18.7 Å². The molecule has 8 nitrogen and oxygen atoms in total. The van der Waals surface area contributed by atoms with Crippen LogP contribution < -0.4 is 10.2 Å². The third-order valence-corrected chi connectivity index (χ3v) is 8.99. The number of nitrogens with zero attached hydrogens (tertiary/aromatic N) is 6. The Bertz CT molecular complexity index is 1420. The fourth-order valence-electron chi connectivity index (χ4n) is 6.27. The highest BCUT2D eigenvalue weighted by atomic mass is 19.3. The van der Waals surface area contributed by atoms with Crippen molar-refractivity contribution in [2.75, 3.05) is 63.6 Å². The number of alkyl halides is 2. The van der Waals surface area contributed by atoms with Crippen molar-refractivity contribution in [2.45, 2.75) is 65.1 Å². The van der Waals surface area contributed by atoms with E-state index in [0.717, 1.165) is 37.6 Å². The quantitative estimate of drug-likeness (QED) is 0.333. The minimum Gasteiger partial charge on any atom is -0.377 e. The third kappa shape index (κ3) is 6.58. The van der Waals surface area contributed by atoms with Crippen LogP contribution in [0.25, 0.3) is 11.0 Å². The first-order chi connectivity index (χ1) is 20.5. The van der Waals surface area contributed by atoms with Gasteiger partial charge in [0.15, 0.2) is 11.5 Å². The topological polar surface area (TPSA) is 69.7 Å². The van der Waals surface area contributed by atoms with Crippen molar-refractivity contribution in [1.82, 2.24) is 24.8 Å². The van der Waals surface area contributed by atoms with E-state index in [1.165, 1.54) is 12.1 Å². The molecule has 0 aliphatic carbocycles. The molecule has 2 fully saturated rings. The monoisotopic (exact) mass is 599 g/mol. The molecule has 1 N–H and O–H groups in total. The zero-order chi connectivity index (χ0) is 30.9. The number of nitrogens with one attached hydrogen (secondary N) is 1. The molecule has 0 radical (unpaired) electrons. The molecule has 1 atom stereocenters. The first-order valence-electron chi connectivity index (χ1n) is 15.3. The Morgan fingerprint density at radius 2 is 1.72 bits per heavy atom.